The molecule has 2 fully saturated rings. The van der Waals surface area contributed by atoms with E-state index < -0.39 is 0 Å². The minimum absolute atomic E-state index is 0.0728. The fourth-order valence-electron chi connectivity index (χ4n) is 3.89. The molecule has 2 aliphatic heterocycles. The largest absolute Gasteiger partial charge is 0.457 e. The van der Waals surface area contributed by atoms with E-state index in [-0.39, 0.29) is 5.41 Å². The van der Waals surface area contributed by atoms with Gasteiger partial charge in [0.25, 0.3) is 0 Å². The fraction of sp³-hybridized carbons (Fsp3) is 0.300. The summed E-state index contributed by atoms with van der Waals surface area (Å²) in [6.07, 6.45) is 2.23. The summed E-state index contributed by atoms with van der Waals surface area (Å²) in [6, 6.07) is 17.6. The van der Waals surface area contributed by atoms with Crippen LogP contribution in [-0.4, -0.2) is 34.7 Å². The average molecular weight is 333 g/mol. The van der Waals surface area contributed by atoms with E-state index in [1.165, 1.54) is 0 Å². The molecule has 5 nitrogen and oxygen atoms in total. The number of hydrogen-bond acceptors (Lipinski definition) is 5. The normalized spacial score (nSPS) is 24.6. The first-order chi connectivity index (χ1) is 12.3. The van der Waals surface area contributed by atoms with Gasteiger partial charge in [-0.15, -0.1) is 0 Å². The Hall–Kier alpha value is -2.66. The molecule has 5 rings (SSSR count). The number of para-hydroxylation sites is 1. The number of benzene rings is 2. The molecule has 3 aromatic rings. The summed E-state index contributed by atoms with van der Waals surface area (Å²) in [4.78, 5) is 7.19. The lowest BCUT2D eigenvalue weighted by molar-refractivity contribution is 0.292. The van der Waals surface area contributed by atoms with Crippen molar-refractivity contribution < 1.29 is 9.26 Å². The highest BCUT2D eigenvalue weighted by molar-refractivity contribution is 5.57. The molecule has 0 N–H and O–H groups in total. The predicted molar refractivity (Wildman–Crippen MR) is 93.6 cm³/mol. The van der Waals surface area contributed by atoms with Crippen LogP contribution in [0.1, 0.15) is 18.7 Å². The van der Waals surface area contributed by atoms with Crippen LogP contribution in [0.5, 0.6) is 11.5 Å². The molecule has 0 radical (unpaired) electrons. The van der Waals surface area contributed by atoms with E-state index in [4.69, 9.17) is 14.2 Å². The minimum Gasteiger partial charge on any atom is -0.457 e. The minimum atomic E-state index is 0.0728. The van der Waals surface area contributed by atoms with E-state index in [1.54, 1.807) is 0 Å². The second-order valence-corrected chi connectivity index (χ2v) is 6.92. The quantitative estimate of drug-likeness (QED) is 0.725. The van der Waals surface area contributed by atoms with Crippen molar-refractivity contribution in [3.8, 4) is 22.9 Å². The van der Waals surface area contributed by atoms with Gasteiger partial charge >= 0.3 is 0 Å². The topological polar surface area (TPSA) is 51.4 Å². The molecule has 126 valence electrons. The summed E-state index contributed by atoms with van der Waals surface area (Å²) in [7, 11) is 0. The number of aromatic nitrogens is 2. The number of fused-ring (bicyclic) bond motifs is 2. The van der Waals surface area contributed by atoms with Gasteiger partial charge in [-0.25, -0.2) is 0 Å². The van der Waals surface area contributed by atoms with Crippen LogP contribution in [-0.2, 0) is 5.41 Å². The molecule has 3 heterocycles. The SMILES string of the molecule is c1ccc(Oc2cccc(-c3noc(C45CCN(CC4)C5)n3)c2)cc1. The molecule has 0 saturated carbocycles. The van der Waals surface area contributed by atoms with Gasteiger partial charge in [0.2, 0.25) is 11.7 Å². The van der Waals surface area contributed by atoms with Crippen molar-refractivity contribution in [2.24, 2.45) is 0 Å². The van der Waals surface area contributed by atoms with Gasteiger partial charge in [-0.2, -0.15) is 4.98 Å². The van der Waals surface area contributed by atoms with Crippen molar-refractivity contribution in [2.75, 3.05) is 19.6 Å². The number of piperidine rings is 1. The lowest BCUT2D eigenvalue weighted by Crippen LogP contribution is -2.24. The Morgan fingerprint density at radius 1 is 0.960 bits per heavy atom. The zero-order valence-electron chi connectivity index (χ0n) is 13.9. The molecule has 2 aromatic carbocycles. The first-order valence-electron chi connectivity index (χ1n) is 8.71. The predicted octanol–water partition coefficient (Wildman–Crippen LogP) is 3.88. The highest BCUT2D eigenvalue weighted by atomic mass is 16.5. The van der Waals surface area contributed by atoms with E-state index >= 15 is 0 Å². The molecular formula is C20H19N3O2. The zero-order chi connectivity index (χ0) is 16.7. The van der Waals surface area contributed by atoms with Gasteiger partial charge in [-0.05, 0) is 50.2 Å². The number of rotatable bonds is 4. The average Bonchev–Trinajstić information content (AvgIpc) is 3.39. The third kappa shape index (κ3) is 2.61. The van der Waals surface area contributed by atoms with E-state index in [0.29, 0.717) is 5.82 Å². The maximum absolute atomic E-state index is 5.90. The molecule has 0 atom stereocenters. The smallest absolute Gasteiger partial charge is 0.234 e. The van der Waals surface area contributed by atoms with Gasteiger partial charge in [0, 0.05) is 12.1 Å². The van der Waals surface area contributed by atoms with Crippen molar-refractivity contribution in [3.05, 3.63) is 60.5 Å². The van der Waals surface area contributed by atoms with Crippen LogP contribution in [0.25, 0.3) is 11.4 Å². The molecule has 0 unspecified atom stereocenters. The lowest BCUT2D eigenvalue weighted by atomic mass is 9.84. The van der Waals surface area contributed by atoms with Crippen molar-refractivity contribution in [3.63, 3.8) is 0 Å². The molecule has 2 aliphatic rings. The van der Waals surface area contributed by atoms with Crippen molar-refractivity contribution in [1.29, 1.82) is 0 Å². The summed E-state index contributed by atoms with van der Waals surface area (Å²) in [6.45, 7) is 3.32. The van der Waals surface area contributed by atoms with Crippen LogP contribution in [0.15, 0.2) is 59.1 Å². The Morgan fingerprint density at radius 2 is 1.76 bits per heavy atom. The molecule has 0 aliphatic carbocycles. The third-order valence-corrected chi connectivity index (χ3v) is 5.29. The van der Waals surface area contributed by atoms with Gasteiger partial charge in [0.1, 0.15) is 11.5 Å². The third-order valence-electron chi connectivity index (χ3n) is 5.29. The number of hydrogen-bond donors (Lipinski definition) is 0. The van der Waals surface area contributed by atoms with Crippen LogP contribution >= 0.6 is 0 Å². The van der Waals surface area contributed by atoms with E-state index in [9.17, 15) is 0 Å². The second kappa shape index (κ2) is 5.70. The second-order valence-electron chi connectivity index (χ2n) is 6.92. The van der Waals surface area contributed by atoms with Crippen LogP contribution in [0.4, 0.5) is 0 Å². The Balaban J connectivity index is 1.41. The van der Waals surface area contributed by atoms with Crippen molar-refractivity contribution >= 4 is 0 Å². The first-order valence-corrected chi connectivity index (χ1v) is 8.71. The molecular weight excluding hydrogens is 314 g/mol. The number of nitrogens with zero attached hydrogens (tertiary/aromatic N) is 3. The molecule has 0 amide bonds. The van der Waals surface area contributed by atoms with Crippen LogP contribution in [0, 0.1) is 0 Å². The molecule has 2 bridgehead atoms. The first kappa shape index (κ1) is 14.7. The van der Waals surface area contributed by atoms with Gasteiger partial charge in [-0.1, -0.05) is 35.5 Å². The highest BCUT2D eigenvalue weighted by Crippen LogP contribution is 2.42. The highest BCUT2D eigenvalue weighted by Gasteiger charge is 2.48. The van der Waals surface area contributed by atoms with Crippen LogP contribution in [0.2, 0.25) is 0 Å². The van der Waals surface area contributed by atoms with Gasteiger partial charge in [0.15, 0.2) is 0 Å². The standard InChI is InChI=1S/C20H19N3O2/c1-2-6-16(7-3-1)24-17-8-4-5-15(13-17)18-21-19(25-22-18)20-9-11-23(14-20)12-10-20/h1-8,13H,9-12,14H2. The fourth-order valence-corrected chi connectivity index (χ4v) is 3.89. The lowest BCUT2D eigenvalue weighted by Gasteiger charge is -2.19. The van der Waals surface area contributed by atoms with Gasteiger partial charge in [-0.3, -0.25) is 0 Å². The zero-order valence-corrected chi connectivity index (χ0v) is 13.9. The molecule has 1 aromatic heterocycles. The van der Waals surface area contributed by atoms with E-state index in [0.717, 1.165) is 55.4 Å². The molecule has 25 heavy (non-hydrogen) atoms. The monoisotopic (exact) mass is 333 g/mol. The summed E-state index contributed by atoms with van der Waals surface area (Å²) in [5, 5.41) is 4.23. The summed E-state index contributed by atoms with van der Waals surface area (Å²) in [5.74, 6) is 3.00. The Morgan fingerprint density at radius 3 is 2.52 bits per heavy atom. The van der Waals surface area contributed by atoms with Crippen LogP contribution < -0.4 is 4.74 Å². The maximum atomic E-state index is 5.90. The summed E-state index contributed by atoms with van der Waals surface area (Å²) < 4.78 is 11.6. The summed E-state index contributed by atoms with van der Waals surface area (Å²) in [5.41, 5.74) is 0.983. The Kier molecular flexibility index (Phi) is 3.35. The van der Waals surface area contributed by atoms with Gasteiger partial charge in [0.05, 0.1) is 5.41 Å². The Labute approximate surface area is 146 Å². The Bertz CT molecular complexity index is 883. The maximum Gasteiger partial charge on any atom is 0.234 e. The summed E-state index contributed by atoms with van der Waals surface area (Å²) >= 11 is 0. The number of ether oxygens (including phenoxy) is 1. The van der Waals surface area contributed by atoms with E-state index in [1.807, 2.05) is 54.6 Å². The van der Waals surface area contributed by atoms with Gasteiger partial charge < -0.3 is 14.2 Å². The van der Waals surface area contributed by atoms with Crippen molar-refractivity contribution in [2.45, 2.75) is 18.3 Å². The van der Waals surface area contributed by atoms with E-state index in [2.05, 4.69) is 10.1 Å². The molecule has 5 heteroatoms. The molecule has 2 saturated heterocycles. The van der Waals surface area contributed by atoms with Crippen molar-refractivity contribution in [1.82, 2.24) is 15.0 Å². The molecule has 0 spiro atoms. The van der Waals surface area contributed by atoms with Crippen LogP contribution in [0.3, 0.4) is 0 Å².